The van der Waals surface area contributed by atoms with Crippen LogP contribution in [0.15, 0.2) is 29.4 Å². The van der Waals surface area contributed by atoms with Crippen LogP contribution in [0.4, 0.5) is 0 Å². The standard InChI is InChI=1S/C11H14N2O3/c14-7-3-6-11(16)13-12-8-9-4-1-2-5-10(9)15/h1-2,4-5,8,14-15H,3,6-7H2,(H,13,16)/b12-8-. The molecule has 0 bridgehead atoms. The van der Waals surface area contributed by atoms with Crippen LogP contribution < -0.4 is 5.43 Å². The summed E-state index contributed by atoms with van der Waals surface area (Å²) in [5.41, 5.74) is 2.83. The minimum absolute atomic E-state index is 0.0173. The van der Waals surface area contributed by atoms with Crippen LogP contribution in [-0.2, 0) is 4.79 Å². The zero-order chi connectivity index (χ0) is 11.8. The van der Waals surface area contributed by atoms with E-state index in [-0.39, 0.29) is 24.7 Å². The smallest absolute Gasteiger partial charge is 0.240 e. The molecule has 0 aliphatic heterocycles. The predicted molar refractivity (Wildman–Crippen MR) is 60.2 cm³/mol. The van der Waals surface area contributed by atoms with Crippen molar-refractivity contribution in [2.75, 3.05) is 6.61 Å². The summed E-state index contributed by atoms with van der Waals surface area (Å²) in [6, 6.07) is 6.68. The lowest BCUT2D eigenvalue weighted by Gasteiger charge is -1.98. The zero-order valence-corrected chi connectivity index (χ0v) is 8.76. The van der Waals surface area contributed by atoms with E-state index in [1.165, 1.54) is 12.3 Å². The Kier molecular flexibility index (Phi) is 5.01. The minimum Gasteiger partial charge on any atom is -0.507 e. The molecule has 0 heterocycles. The Bertz CT molecular complexity index is 377. The van der Waals surface area contributed by atoms with Crippen molar-refractivity contribution in [3.05, 3.63) is 29.8 Å². The molecule has 0 atom stereocenters. The molecule has 16 heavy (non-hydrogen) atoms. The Morgan fingerprint density at radius 2 is 2.19 bits per heavy atom. The van der Waals surface area contributed by atoms with Crippen molar-refractivity contribution in [2.45, 2.75) is 12.8 Å². The quantitative estimate of drug-likeness (QED) is 0.504. The molecule has 0 aliphatic rings. The van der Waals surface area contributed by atoms with Gasteiger partial charge in [-0.15, -0.1) is 0 Å². The van der Waals surface area contributed by atoms with Crippen LogP contribution in [0, 0.1) is 0 Å². The summed E-state index contributed by atoms with van der Waals surface area (Å²) in [7, 11) is 0. The number of hydrogen-bond donors (Lipinski definition) is 3. The number of hydrazone groups is 1. The van der Waals surface area contributed by atoms with E-state index in [1.807, 2.05) is 0 Å². The van der Waals surface area contributed by atoms with Gasteiger partial charge in [-0.25, -0.2) is 5.43 Å². The molecule has 1 rings (SSSR count). The average molecular weight is 222 g/mol. The molecule has 1 amide bonds. The molecule has 0 unspecified atom stereocenters. The van der Waals surface area contributed by atoms with Gasteiger partial charge in [0.1, 0.15) is 5.75 Å². The topological polar surface area (TPSA) is 81.9 Å². The molecule has 5 nitrogen and oxygen atoms in total. The number of hydrogen-bond acceptors (Lipinski definition) is 4. The van der Waals surface area contributed by atoms with Crippen LogP contribution in [0.25, 0.3) is 0 Å². The van der Waals surface area contributed by atoms with Crippen molar-refractivity contribution in [1.82, 2.24) is 5.43 Å². The van der Waals surface area contributed by atoms with E-state index in [9.17, 15) is 9.90 Å². The number of phenolic OH excluding ortho intramolecular Hbond substituents is 1. The lowest BCUT2D eigenvalue weighted by atomic mass is 10.2. The number of aromatic hydroxyl groups is 1. The van der Waals surface area contributed by atoms with Gasteiger partial charge in [0.2, 0.25) is 5.91 Å². The first-order chi connectivity index (χ1) is 7.74. The fourth-order valence-corrected chi connectivity index (χ4v) is 1.07. The SMILES string of the molecule is O=C(CCCO)N/N=C\c1ccccc1O. The van der Waals surface area contributed by atoms with Crippen molar-refractivity contribution >= 4 is 12.1 Å². The van der Waals surface area contributed by atoms with Gasteiger partial charge < -0.3 is 10.2 Å². The molecule has 0 saturated heterocycles. The summed E-state index contributed by atoms with van der Waals surface area (Å²) >= 11 is 0. The molecule has 3 N–H and O–H groups in total. The Morgan fingerprint density at radius 1 is 1.44 bits per heavy atom. The monoisotopic (exact) mass is 222 g/mol. The van der Waals surface area contributed by atoms with Crippen LogP contribution in [0.2, 0.25) is 0 Å². The van der Waals surface area contributed by atoms with Crippen molar-refractivity contribution in [3.63, 3.8) is 0 Å². The van der Waals surface area contributed by atoms with E-state index >= 15 is 0 Å². The van der Waals surface area contributed by atoms with Gasteiger partial charge >= 0.3 is 0 Å². The number of benzene rings is 1. The molecule has 0 aliphatic carbocycles. The predicted octanol–water partition coefficient (Wildman–Crippen LogP) is 0.615. The van der Waals surface area contributed by atoms with E-state index in [4.69, 9.17) is 5.11 Å². The number of amides is 1. The molecular weight excluding hydrogens is 208 g/mol. The highest BCUT2D eigenvalue weighted by Crippen LogP contribution is 2.12. The molecular formula is C11H14N2O3. The first-order valence-corrected chi connectivity index (χ1v) is 4.95. The van der Waals surface area contributed by atoms with Crippen molar-refractivity contribution in [1.29, 1.82) is 0 Å². The van der Waals surface area contributed by atoms with Gasteiger partial charge in [-0.3, -0.25) is 4.79 Å². The summed E-state index contributed by atoms with van der Waals surface area (Å²) in [5.74, 6) is -0.156. The molecule has 0 radical (unpaired) electrons. The highest BCUT2D eigenvalue weighted by molar-refractivity contribution is 5.84. The van der Waals surface area contributed by atoms with Gasteiger partial charge in [-0.2, -0.15) is 5.10 Å². The Hall–Kier alpha value is -1.88. The van der Waals surface area contributed by atoms with Crippen molar-refractivity contribution in [3.8, 4) is 5.75 Å². The van der Waals surface area contributed by atoms with E-state index in [1.54, 1.807) is 18.2 Å². The van der Waals surface area contributed by atoms with Crippen LogP contribution >= 0.6 is 0 Å². The number of aliphatic hydroxyl groups is 1. The maximum atomic E-state index is 11.1. The van der Waals surface area contributed by atoms with Gasteiger partial charge in [0.15, 0.2) is 0 Å². The normalized spacial score (nSPS) is 10.6. The molecule has 86 valence electrons. The summed E-state index contributed by atoms with van der Waals surface area (Å²) in [4.78, 5) is 11.1. The lowest BCUT2D eigenvalue weighted by Crippen LogP contribution is -2.17. The highest BCUT2D eigenvalue weighted by Gasteiger charge is 1.98. The number of nitrogens with zero attached hydrogens (tertiary/aromatic N) is 1. The average Bonchev–Trinajstić information content (AvgIpc) is 2.29. The number of aliphatic hydroxyl groups excluding tert-OH is 1. The Labute approximate surface area is 93.4 Å². The van der Waals surface area contributed by atoms with E-state index in [0.717, 1.165) is 0 Å². The van der Waals surface area contributed by atoms with Crippen LogP contribution in [-0.4, -0.2) is 28.9 Å². The van der Waals surface area contributed by atoms with Crippen LogP contribution in [0.1, 0.15) is 18.4 Å². The van der Waals surface area contributed by atoms with E-state index in [2.05, 4.69) is 10.5 Å². The number of carbonyl (C=O) groups is 1. The van der Waals surface area contributed by atoms with Crippen LogP contribution in [0.5, 0.6) is 5.75 Å². The molecule has 0 saturated carbocycles. The molecule has 0 aromatic heterocycles. The van der Waals surface area contributed by atoms with Gasteiger partial charge in [-0.1, -0.05) is 12.1 Å². The minimum atomic E-state index is -0.263. The number of nitrogens with one attached hydrogen (secondary N) is 1. The van der Waals surface area contributed by atoms with Gasteiger partial charge in [0.25, 0.3) is 0 Å². The number of rotatable bonds is 5. The van der Waals surface area contributed by atoms with E-state index in [0.29, 0.717) is 12.0 Å². The van der Waals surface area contributed by atoms with Gasteiger partial charge in [0, 0.05) is 18.6 Å². The largest absolute Gasteiger partial charge is 0.507 e. The van der Waals surface area contributed by atoms with Crippen molar-refractivity contribution in [2.24, 2.45) is 5.10 Å². The Balaban J connectivity index is 2.43. The first-order valence-electron chi connectivity index (χ1n) is 4.95. The third kappa shape index (κ3) is 4.10. The Morgan fingerprint density at radius 3 is 2.88 bits per heavy atom. The molecule has 5 heteroatoms. The molecule has 1 aromatic rings. The van der Waals surface area contributed by atoms with Crippen LogP contribution in [0.3, 0.4) is 0 Å². The van der Waals surface area contributed by atoms with Gasteiger partial charge in [-0.05, 0) is 18.6 Å². The number of para-hydroxylation sites is 1. The van der Waals surface area contributed by atoms with E-state index < -0.39 is 0 Å². The fourth-order valence-electron chi connectivity index (χ4n) is 1.07. The maximum absolute atomic E-state index is 11.1. The van der Waals surface area contributed by atoms with Crippen molar-refractivity contribution < 1.29 is 15.0 Å². The number of carbonyl (C=O) groups excluding carboxylic acids is 1. The second-order valence-corrected chi connectivity index (χ2v) is 3.18. The fraction of sp³-hybridized carbons (Fsp3) is 0.273. The first kappa shape index (κ1) is 12.2. The summed E-state index contributed by atoms with van der Waals surface area (Å²) in [5, 5.41) is 21.6. The molecule has 0 spiro atoms. The highest BCUT2D eigenvalue weighted by atomic mass is 16.3. The molecule has 1 aromatic carbocycles. The summed E-state index contributed by atoms with van der Waals surface area (Å²) in [6.07, 6.45) is 2.01. The zero-order valence-electron chi connectivity index (χ0n) is 8.76. The molecule has 0 fully saturated rings. The van der Waals surface area contributed by atoms with Gasteiger partial charge in [0.05, 0.1) is 6.21 Å². The lowest BCUT2D eigenvalue weighted by molar-refractivity contribution is -0.121. The third-order valence-corrected chi connectivity index (χ3v) is 1.89. The second-order valence-electron chi connectivity index (χ2n) is 3.18. The summed E-state index contributed by atoms with van der Waals surface area (Å²) in [6.45, 7) is -0.0173. The second kappa shape index (κ2) is 6.58. The maximum Gasteiger partial charge on any atom is 0.240 e. The number of phenols is 1. The summed E-state index contributed by atoms with van der Waals surface area (Å²) < 4.78 is 0. The third-order valence-electron chi connectivity index (χ3n) is 1.89.